The summed E-state index contributed by atoms with van der Waals surface area (Å²) in [6, 6.07) is -0.498. The maximum absolute atomic E-state index is 12.2. The molecule has 18 heavy (non-hydrogen) atoms. The quantitative estimate of drug-likeness (QED) is 0.754. The molecule has 0 bridgehead atoms. The second kappa shape index (κ2) is 5.20. The summed E-state index contributed by atoms with van der Waals surface area (Å²) < 4.78 is 9.91. The molecule has 6 heteroatoms. The third-order valence-electron chi connectivity index (χ3n) is 3.02. The summed E-state index contributed by atoms with van der Waals surface area (Å²) in [4.78, 5) is 25.5. The molecule has 0 radical (unpaired) electrons. The fraction of sp³-hybridized carbons (Fsp3) is 0.583. The second-order valence-electron chi connectivity index (χ2n) is 4.25. The van der Waals surface area contributed by atoms with Gasteiger partial charge in [-0.1, -0.05) is 5.16 Å². The molecule has 0 aromatic carbocycles. The van der Waals surface area contributed by atoms with Gasteiger partial charge < -0.3 is 14.2 Å². The first-order chi connectivity index (χ1) is 8.65. The first-order valence-electron chi connectivity index (χ1n) is 6.04. The van der Waals surface area contributed by atoms with E-state index in [-0.39, 0.29) is 17.6 Å². The van der Waals surface area contributed by atoms with Crippen molar-refractivity contribution >= 4 is 11.9 Å². The third kappa shape index (κ3) is 2.23. The zero-order valence-electron chi connectivity index (χ0n) is 10.5. The number of hydrogen-bond donors (Lipinski definition) is 0. The van der Waals surface area contributed by atoms with Gasteiger partial charge in [0, 0.05) is 12.1 Å². The van der Waals surface area contributed by atoms with Crippen LogP contribution in [0.15, 0.2) is 10.7 Å². The van der Waals surface area contributed by atoms with Crippen molar-refractivity contribution in [1.29, 1.82) is 0 Å². The van der Waals surface area contributed by atoms with Crippen molar-refractivity contribution < 1.29 is 18.8 Å². The van der Waals surface area contributed by atoms with Crippen LogP contribution in [0.3, 0.4) is 0 Å². The maximum Gasteiger partial charge on any atom is 0.328 e. The SMILES string of the molecule is CCOC(=O)C1CCCN1C(=O)c1oncc1C. The Kier molecular flexibility index (Phi) is 3.64. The molecule has 1 amide bonds. The number of carbonyl (C=O) groups is 2. The van der Waals surface area contributed by atoms with E-state index in [4.69, 9.17) is 9.26 Å². The molecule has 1 fully saturated rings. The van der Waals surface area contributed by atoms with Gasteiger partial charge in [0.1, 0.15) is 6.04 Å². The van der Waals surface area contributed by atoms with Crippen LogP contribution in [-0.2, 0) is 9.53 Å². The minimum absolute atomic E-state index is 0.200. The minimum Gasteiger partial charge on any atom is -0.464 e. The number of hydrogen-bond acceptors (Lipinski definition) is 5. The van der Waals surface area contributed by atoms with Gasteiger partial charge in [0.2, 0.25) is 5.76 Å². The summed E-state index contributed by atoms with van der Waals surface area (Å²) in [6.45, 7) is 4.36. The van der Waals surface area contributed by atoms with Crippen molar-refractivity contribution in [3.63, 3.8) is 0 Å². The van der Waals surface area contributed by atoms with Gasteiger partial charge >= 0.3 is 5.97 Å². The van der Waals surface area contributed by atoms with Gasteiger partial charge in [-0.25, -0.2) is 4.79 Å². The molecule has 1 aliphatic rings. The summed E-state index contributed by atoms with van der Waals surface area (Å²) in [5.74, 6) is -0.438. The van der Waals surface area contributed by atoms with Gasteiger partial charge in [-0.3, -0.25) is 4.79 Å². The second-order valence-corrected chi connectivity index (χ2v) is 4.25. The summed E-state index contributed by atoms with van der Waals surface area (Å²) in [5.41, 5.74) is 0.675. The Bertz CT molecular complexity index is 455. The number of carbonyl (C=O) groups excluding carboxylic acids is 2. The first kappa shape index (κ1) is 12.6. The van der Waals surface area contributed by atoms with Gasteiger partial charge in [0.05, 0.1) is 12.8 Å². The maximum atomic E-state index is 12.2. The molecule has 0 N–H and O–H groups in total. The lowest BCUT2D eigenvalue weighted by molar-refractivity contribution is -0.147. The topological polar surface area (TPSA) is 72.6 Å². The van der Waals surface area contributed by atoms with Gasteiger partial charge in [0.25, 0.3) is 5.91 Å². The number of ether oxygens (including phenoxy) is 1. The number of amides is 1. The van der Waals surface area contributed by atoms with Crippen molar-refractivity contribution in [3.05, 3.63) is 17.5 Å². The van der Waals surface area contributed by atoms with Crippen molar-refractivity contribution in [1.82, 2.24) is 10.1 Å². The highest BCUT2D eigenvalue weighted by molar-refractivity contribution is 5.95. The molecule has 1 aromatic rings. The predicted octanol–water partition coefficient (Wildman–Crippen LogP) is 1.15. The molecular formula is C12H16N2O4. The van der Waals surface area contributed by atoms with E-state index in [1.807, 2.05) is 0 Å². The fourth-order valence-corrected chi connectivity index (χ4v) is 2.12. The molecule has 0 saturated carbocycles. The van der Waals surface area contributed by atoms with Gasteiger partial charge in [-0.05, 0) is 26.7 Å². The highest BCUT2D eigenvalue weighted by Gasteiger charge is 2.37. The highest BCUT2D eigenvalue weighted by Crippen LogP contribution is 2.22. The van der Waals surface area contributed by atoms with Crippen LogP contribution in [0.4, 0.5) is 0 Å². The number of likely N-dealkylation sites (tertiary alicyclic amines) is 1. The molecule has 2 heterocycles. The summed E-state index contributed by atoms with van der Waals surface area (Å²) in [5, 5.41) is 3.58. The molecule has 0 spiro atoms. The Morgan fingerprint density at radius 3 is 3.00 bits per heavy atom. The van der Waals surface area contributed by atoms with E-state index in [2.05, 4.69) is 5.16 Å². The van der Waals surface area contributed by atoms with Crippen LogP contribution in [0.2, 0.25) is 0 Å². The van der Waals surface area contributed by atoms with Gasteiger partial charge in [-0.2, -0.15) is 0 Å². The number of aromatic nitrogens is 1. The van der Waals surface area contributed by atoms with E-state index >= 15 is 0 Å². The average molecular weight is 252 g/mol. The zero-order valence-corrected chi connectivity index (χ0v) is 10.5. The van der Waals surface area contributed by atoms with Crippen molar-refractivity contribution in [2.45, 2.75) is 32.7 Å². The van der Waals surface area contributed by atoms with E-state index < -0.39 is 6.04 Å². The normalized spacial score (nSPS) is 19.0. The molecule has 2 rings (SSSR count). The largest absolute Gasteiger partial charge is 0.464 e. The van der Waals surface area contributed by atoms with Crippen molar-refractivity contribution in [2.24, 2.45) is 0 Å². The molecule has 1 atom stereocenters. The number of aryl methyl sites for hydroxylation is 1. The van der Waals surface area contributed by atoms with Gasteiger partial charge in [0.15, 0.2) is 0 Å². The molecule has 98 valence electrons. The predicted molar refractivity (Wildman–Crippen MR) is 61.9 cm³/mol. The minimum atomic E-state index is -0.498. The Hall–Kier alpha value is -1.85. The summed E-state index contributed by atoms with van der Waals surface area (Å²) in [6.07, 6.45) is 2.92. The van der Waals surface area contributed by atoms with Crippen LogP contribution >= 0.6 is 0 Å². The summed E-state index contributed by atoms with van der Waals surface area (Å²) >= 11 is 0. The fourth-order valence-electron chi connectivity index (χ4n) is 2.12. The standard InChI is InChI=1S/C12H16N2O4/c1-3-17-12(16)9-5-4-6-14(9)11(15)10-8(2)7-13-18-10/h7,9H,3-6H2,1-2H3. The van der Waals surface area contributed by atoms with E-state index in [0.29, 0.717) is 25.1 Å². The van der Waals surface area contributed by atoms with E-state index in [1.165, 1.54) is 11.1 Å². The summed E-state index contributed by atoms with van der Waals surface area (Å²) in [7, 11) is 0. The van der Waals surface area contributed by atoms with E-state index in [0.717, 1.165) is 6.42 Å². The molecular weight excluding hydrogens is 236 g/mol. The van der Waals surface area contributed by atoms with Crippen LogP contribution < -0.4 is 0 Å². The van der Waals surface area contributed by atoms with Crippen LogP contribution in [0, 0.1) is 6.92 Å². The van der Waals surface area contributed by atoms with Crippen LogP contribution in [-0.4, -0.2) is 41.1 Å². The Morgan fingerprint density at radius 2 is 2.39 bits per heavy atom. The molecule has 6 nitrogen and oxygen atoms in total. The monoisotopic (exact) mass is 252 g/mol. The number of nitrogens with zero attached hydrogens (tertiary/aromatic N) is 2. The van der Waals surface area contributed by atoms with Crippen molar-refractivity contribution in [2.75, 3.05) is 13.2 Å². The van der Waals surface area contributed by atoms with E-state index in [9.17, 15) is 9.59 Å². The average Bonchev–Trinajstić information content (AvgIpc) is 2.96. The van der Waals surface area contributed by atoms with Crippen LogP contribution in [0.1, 0.15) is 35.9 Å². The lowest BCUT2D eigenvalue weighted by Crippen LogP contribution is -2.41. The smallest absolute Gasteiger partial charge is 0.328 e. The molecule has 1 saturated heterocycles. The molecule has 1 unspecified atom stereocenters. The van der Waals surface area contributed by atoms with Crippen LogP contribution in [0.25, 0.3) is 0 Å². The third-order valence-corrected chi connectivity index (χ3v) is 3.02. The van der Waals surface area contributed by atoms with Gasteiger partial charge in [-0.15, -0.1) is 0 Å². The van der Waals surface area contributed by atoms with E-state index in [1.54, 1.807) is 13.8 Å². The zero-order chi connectivity index (χ0) is 13.1. The lowest BCUT2D eigenvalue weighted by Gasteiger charge is -2.21. The Morgan fingerprint density at radius 1 is 1.61 bits per heavy atom. The highest BCUT2D eigenvalue weighted by atomic mass is 16.5. The van der Waals surface area contributed by atoms with Crippen LogP contribution in [0.5, 0.6) is 0 Å². The molecule has 1 aromatic heterocycles. The molecule has 1 aliphatic heterocycles. The molecule has 0 aliphatic carbocycles. The van der Waals surface area contributed by atoms with Crippen molar-refractivity contribution in [3.8, 4) is 0 Å². The Balaban J connectivity index is 2.15. The first-order valence-corrected chi connectivity index (χ1v) is 6.04. The lowest BCUT2D eigenvalue weighted by atomic mass is 10.2. The Labute approximate surface area is 105 Å². The number of rotatable bonds is 3. The number of esters is 1.